The SMILES string of the molecule is COc1ccc(CNCC(C)NC(=O)OC(C)(C)C)cc1SC. The predicted octanol–water partition coefficient (Wildman–Crippen LogP) is 3.42. The smallest absolute Gasteiger partial charge is 0.407 e. The molecule has 1 aromatic carbocycles. The van der Waals surface area contributed by atoms with Gasteiger partial charge in [-0.15, -0.1) is 11.8 Å². The van der Waals surface area contributed by atoms with Gasteiger partial charge >= 0.3 is 6.09 Å². The first-order valence-electron chi connectivity index (χ1n) is 7.66. The lowest BCUT2D eigenvalue weighted by Gasteiger charge is -2.22. The number of alkyl carbamates (subject to hydrolysis) is 1. The zero-order chi connectivity index (χ0) is 17.5. The highest BCUT2D eigenvalue weighted by Gasteiger charge is 2.17. The summed E-state index contributed by atoms with van der Waals surface area (Å²) in [5.74, 6) is 0.890. The summed E-state index contributed by atoms with van der Waals surface area (Å²) in [6, 6.07) is 6.12. The summed E-state index contributed by atoms with van der Waals surface area (Å²) in [4.78, 5) is 12.8. The molecule has 0 saturated carbocycles. The summed E-state index contributed by atoms with van der Waals surface area (Å²) in [5.41, 5.74) is 0.703. The van der Waals surface area contributed by atoms with Crippen molar-refractivity contribution in [2.75, 3.05) is 19.9 Å². The normalized spacial score (nSPS) is 12.6. The number of nitrogens with one attached hydrogen (secondary N) is 2. The van der Waals surface area contributed by atoms with Gasteiger partial charge in [-0.25, -0.2) is 4.79 Å². The molecule has 0 aliphatic carbocycles. The number of carbonyl (C=O) groups is 1. The van der Waals surface area contributed by atoms with Crippen LogP contribution in [-0.4, -0.2) is 37.6 Å². The number of amides is 1. The maximum Gasteiger partial charge on any atom is 0.407 e. The molecule has 23 heavy (non-hydrogen) atoms. The van der Waals surface area contributed by atoms with Crippen molar-refractivity contribution in [2.24, 2.45) is 0 Å². The number of rotatable bonds is 7. The Morgan fingerprint density at radius 1 is 1.35 bits per heavy atom. The third-order valence-electron chi connectivity index (χ3n) is 2.99. The van der Waals surface area contributed by atoms with Crippen molar-refractivity contribution in [3.8, 4) is 5.75 Å². The minimum absolute atomic E-state index is 0.0110. The van der Waals surface area contributed by atoms with Crippen molar-refractivity contribution in [3.05, 3.63) is 23.8 Å². The average Bonchev–Trinajstić information content (AvgIpc) is 2.44. The van der Waals surface area contributed by atoms with E-state index in [0.29, 0.717) is 6.54 Å². The van der Waals surface area contributed by atoms with E-state index in [1.165, 1.54) is 5.56 Å². The van der Waals surface area contributed by atoms with Crippen LogP contribution < -0.4 is 15.4 Å². The number of hydrogen-bond donors (Lipinski definition) is 2. The van der Waals surface area contributed by atoms with E-state index in [1.807, 2.05) is 46.1 Å². The zero-order valence-electron chi connectivity index (χ0n) is 14.9. The molecule has 1 rings (SSSR count). The van der Waals surface area contributed by atoms with Crippen molar-refractivity contribution in [3.63, 3.8) is 0 Å². The third-order valence-corrected chi connectivity index (χ3v) is 3.75. The minimum atomic E-state index is -0.478. The number of carbonyl (C=O) groups excluding carboxylic acids is 1. The number of methoxy groups -OCH3 is 1. The Balaban J connectivity index is 2.40. The first-order chi connectivity index (χ1) is 10.7. The van der Waals surface area contributed by atoms with Crippen LogP contribution >= 0.6 is 11.8 Å². The molecule has 0 heterocycles. The molecule has 5 nitrogen and oxygen atoms in total. The second-order valence-corrected chi connectivity index (χ2v) is 7.22. The molecule has 2 N–H and O–H groups in total. The van der Waals surface area contributed by atoms with Gasteiger partial charge in [0.1, 0.15) is 11.4 Å². The highest BCUT2D eigenvalue weighted by atomic mass is 32.2. The standard InChI is InChI=1S/C17H28N2O3S/c1-12(19-16(20)22-17(2,3)4)10-18-11-13-7-8-14(21-5)15(9-13)23-6/h7-9,12,18H,10-11H2,1-6H3,(H,19,20). The lowest BCUT2D eigenvalue weighted by atomic mass is 10.2. The van der Waals surface area contributed by atoms with Gasteiger partial charge in [-0.1, -0.05) is 6.07 Å². The number of benzene rings is 1. The fourth-order valence-electron chi connectivity index (χ4n) is 1.98. The molecular weight excluding hydrogens is 312 g/mol. The van der Waals surface area contributed by atoms with Crippen LogP contribution in [0.2, 0.25) is 0 Å². The van der Waals surface area contributed by atoms with E-state index < -0.39 is 5.60 Å². The summed E-state index contributed by atoms with van der Waals surface area (Å²) in [5, 5.41) is 6.15. The topological polar surface area (TPSA) is 59.6 Å². The van der Waals surface area contributed by atoms with Crippen LogP contribution in [0, 0.1) is 0 Å². The molecule has 0 aromatic heterocycles. The van der Waals surface area contributed by atoms with E-state index in [-0.39, 0.29) is 12.1 Å². The number of ether oxygens (including phenoxy) is 2. The Bertz CT molecular complexity index is 515. The maximum atomic E-state index is 11.7. The molecule has 1 atom stereocenters. The molecule has 0 bridgehead atoms. The fraction of sp³-hybridized carbons (Fsp3) is 0.588. The van der Waals surface area contributed by atoms with Crippen LogP contribution in [0.25, 0.3) is 0 Å². The largest absolute Gasteiger partial charge is 0.496 e. The fourth-order valence-corrected chi connectivity index (χ4v) is 2.61. The number of thioether (sulfide) groups is 1. The predicted molar refractivity (Wildman–Crippen MR) is 95.3 cm³/mol. The van der Waals surface area contributed by atoms with Gasteiger partial charge < -0.3 is 20.1 Å². The lowest BCUT2D eigenvalue weighted by Crippen LogP contribution is -2.42. The lowest BCUT2D eigenvalue weighted by molar-refractivity contribution is 0.0508. The summed E-state index contributed by atoms with van der Waals surface area (Å²) in [6.07, 6.45) is 1.64. The van der Waals surface area contributed by atoms with Gasteiger partial charge in [-0.05, 0) is 51.6 Å². The molecule has 0 aliphatic rings. The molecule has 6 heteroatoms. The van der Waals surface area contributed by atoms with Gasteiger partial charge in [-0.2, -0.15) is 0 Å². The van der Waals surface area contributed by atoms with Crippen LogP contribution in [0.1, 0.15) is 33.3 Å². The van der Waals surface area contributed by atoms with Crippen LogP contribution in [0.5, 0.6) is 5.75 Å². The first kappa shape index (κ1) is 19.6. The second kappa shape index (κ2) is 9.03. The zero-order valence-corrected chi connectivity index (χ0v) is 15.7. The van der Waals surface area contributed by atoms with Gasteiger partial charge in [0.15, 0.2) is 0 Å². The first-order valence-corrected chi connectivity index (χ1v) is 8.88. The Labute approximate surface area is 143 Å². The highest BCUT2D eigenvalue weighted by Crippen LogP contribution is 2.28. The van der Waals surface area contributed by atoms with Crippen LogP contribution in [-0.2, 0) is 11.3 Å². The Morgan fingerprint density at radius 2 is 2.04 bits per heavy atom. The van der Waals surface area contributed by atoms with Crippen molar-refractivity contribution < 1.29 is 14.3 Å². The Morgan fingerprint density at radius 3 is 2.61 bits per heavy atom. The van der Waals surface area contributed by atoms with Crippen molar-refractivity contribution >= 4 is 17.9 Å². The van der Waals surface area contributed by atoms with E-state index in [4.69, 9.17) is 9.47 Å². The Kier molecular flexibility index (Phi) is 7.72. The molecule has 1 unspecified atom stereocenters. The monoisotopic (exact) mass is 340 g/mol. The summed E-state index contributed by atoms with van der Waals surface area (Å²) >= 11 is 1.66. The summed E-state index contributed by atoms with van der Waals surface area (Å²) in [6.45, 7) is 8.89. The van der Waals surface area contributed by atoms with Gasteiger partial charge in [0.25, 0.3) is 0 Å². The second-order valence-electron chi connectivity index (χ2n) is 6.37. The van der Waals surface area contributed by atoms with Gasteiger partial charge in [0.2, 0.25) is 0 Å². The van der Waals surface area contributed by atoms with E-state index >= 15 is 0 Å². The highest BCUT2D eigenvalue weighted by molar-refractivity contribution is 7.98. The van der Waals surface area contributed by atoms with E-state index in [1.54, 1.807) is 18.9 Å². The molecular formula is C17H28N2O3S. The van der Waals surface area contributed by atoms with E-state index in [0.717, 1.165) is 17.2 Å². The summed E-state index contributed by atoms with van der Waals surface area (Å²) < 4.78 is 10.5. The van der Waals surface area contributed by atoms with Gasteiger partial charge in [0, 0.05) is 24.0 Å². The van der Waals surface area contributed by atoms with Crippen molar-refractivity contribution in [1.29, 1.82) is 0 Å². The summed E-state index contributed by atoms with van der Waals surface area (Å²) in [7, 11) is 1.68. The molecule has 0 spiro atoms. The molecule has 0 aliphatic heterocycles. The third kappa shape index (κ3) is 7.61. The van der Waals surface area contributed by atoms with E-state index in [2.05, 4.69) is 16.7 Å². The van der Waals surface area contributed by atoms with Gasteiger partial charge in [-0.3, -0.25) is 0 Å². The number of hydrogen-bond acceptors (Lipinski definition) is 5. The quantitative estimate of drug-likeness (QED) is 0.745. The van der Waals surface area contributed by atoms with Gasteiger partial charge in [0.05, 0.1) is 7.11 Å². The average molecular weight is 340 g/mol. The molecule has 0 radical (unpaired) electrons. The molecule has 1 aromatic rings. The van der Waals surface area contributed by atoms with Crippen LogP contribution in [0.15, 0.2) is 23.1 Å². The Hall–Kier alpha value is -1.40. The molecule has 130 valence electrons. The van der Waals surface area contributed by atoms with Crippen LogP contribution in [0.3, 0.4) is 0 Å². The maximum absolute atomic E-state index is 11.7. The molecule has 1 amide bonds. The minimum Gasteiger partial charge on any atom is -0.496 e. The van der Waals surface area contributed by atoms with Crippen molar-refractivity contribution in [2.45, 2.75) is 50.8 Å². The molecule has 0 saturated heterocycles. The van der Waals surface area contributed by atoms with E-state index in [9.17, 15) is 4.79 Å². The molecule has 0 fully saturated rings. The van der Waals surface area contributed by atoms with Crippen LogP contribution in [0.4, 0.5) is 4.79 Å². The van der Waals surface area contributed by atoms with Crippen molar-refractivity contribution in [1.82, 2.24) is 10.6 Å².